The van der Waals surface area contributed by atoms with Gasteiger partial charge in [-0.25, -0.2) is 9.66 Å². The lowest BCUT2D eigenvalue weighted by Gasteiger charge is -2.05. The lowest BCUT2D eigenvalue weighted by Crippen LogP contribution is -2.11. The molecule has 0 saturated carbocycles. The molecule has 0 fully saturated rings. The minimum Gasteiger partial charge on any atom is -0.335 e. The van der Waals surface area contributed by atoms with Crippen molar-refractivity contribution >= 4 is 46.3 Å². The van der Waals surface area contributed by atoms with E-state index >= 15 is 0 Å². The van der Waals surface area contributed by atoms with Crippen molar-refractivity contribution in [3.63, 3.8) is 0 Å². The van der Waals surface area contributed by atoms with Crippen LogP contribution in [0, 0.1) is 6.92 Å². The molecule has 0 unspecified atom stereocenters. The predicted molar refractivity (Wildman–Crippen MR) is 92.0 cm³/mol. The second kappa shape index (κ2) is 6.45. The minimum absolute atomic E-state index is 0.485. The number of thioether (sulfide) groups is 1. The molecule has 114 valence electrons. The van der Waals surface area contributed by atoms with Crippen molar-refractivity contribution in [2.75, 3.05) is 5.84 Å². The lowest BCUT2D eigenvalue weighted by molar-refractivity contribution is 0.849. The van der Waals surface area contributed by atoms with Crippen molar-refractivity contribution in [3.05, 3.63) is 44.3 Å². The van der Waals surface area contributed by atoms with E-state index in [2.05, 4.69) is 15.2 Å². The predicted octanol–water partition coefficient (Wildman–Crippen LogP) is 4.02. The maximum atomic E-state index is 6.18. The number of halogens is 2. The Kier molecular flexibility index (Phi) is 4.58. The van der Waals surface area contributed by atoms with Crippen LogP contribution < -0.4 is 5.84 Å². The van der Waals surface area contributed by atoms with Crippen LogP contribution in [0.1, 0.15) is 10.7 Å². The van der Waals surface area contributed by atoms with Crippen molar-refractivity contribution in [3.8, 4) is 11.4 Å². The Balaban J connectivity index is 1.82. The Morgan fingerprint density at radius 2 is 2.14 bits per heavy atom. The maximum absolute atomic E-state index is 6.18. The molecular formula is C13H11Cl2N5S2. The molecule has 0 atom stereocenters. The topological polar surface area (TPSA) is 69.6 Å². The molecule has 2 aromatic heterocycles. The van der Waals surface area contributed by atoms with Crippen LogP contribution in [0.15, 0.2) is 28.7 Å². The molecule has 0 amide bonds. The smallest absolute Gasteiger partial charge is 0.210 e. The molecule has 0 saturated heterocycles. The molecule has 3 rings (SSSR count). The maximum Gasteiger partial charge on any atom is 0.210 e. The first-order valence-corrected chi connectivity index (χ1v) is 8.86. The molecule has 2 heterocycles. The standard InChI is InChI=1S/C13H11Cl2N5S2/c1-7-17-9(5-21-7)6-22-13-19-18-12(20(13)16)10-3-2-8(14)4-11(10)15/h2-5H,6,16H2,1H3. The van der Waals surface area contributed by atoms with Crippen molar-refractivity contribution in [2.24, 2.45) is 0 Å². The van der Waals surface area contributed by atoms with Gasteiger partial charge in [-0.3, -0.25) is 0 Å². The van der Waals surface area contributed by atoms with Crippen LogP contribution in [0.5, 0.6) is 0 Å². The Morgan fingerprint density at radius 3 is 2.82 bits per heavy atom. The molecule has 0 aliphatic carbocycles. The fourth-order valence-electron chi connectivity index (χ4n) is 1.84. The number of aryl methyl sites for hydroxylation is 1. The van der Waals surface area contributed by atoms with Crippen molar-refractivity contribution in [1.82, 2.24) is 19.9 Å². The van der Waals surface area contributed by atoms with E-state index in [4.69, 9.17) is 29.0 Å². The molecule has 2 N–H and O–H groups in total. The molecule has 0 bridgehead atoms. The highest BCUT2D eigenvalue weighted by atomic mass is 35.5. The second-order valence-corrected chi connectivity index (χ2v) is 7.30. The summed E-state index contributed by atoms with van der Waals surface area (Å²) in [6, 6.07) is 5.16. The third-order valence-corrected chi connectivity index (χ3v) is 5.20. The highest BCUT2D eigenvalue weighted by molar-refractivity contribution is 7.98. The van der Waals surface area contributed by atoms with Gasteiger partial charge < -0.3 is 5.84 Å². The molecule has 0 aliphatic heterocycles. The SMILES string of the molecule is Cc1nc(CSc2nnc(-c3ccc(Cl)cc3Cl)n2N)cs1. The van der Waals surface area contributed by atoms with Gasteiger partial charge in [0.05, 0.1) is 15.7 Å². The zero-order valence-electron chi connectivity index (χ0n) is 11.5. The number of nitrogens with zero attached hydrogens (tertiary/aromatic N) is 4. The third kappa shape index (κ3) is 3.22. The normalized spacial score (nSPS) is 11.0. The first-order chi connectivity index (χ1) is 10.5. The largest absolute Gasteiger partial charge is 0.335 e. The summed E-state index contributed by atoms with van der Waals surface area (Å²) in [4.78, 5) is 4.41. The summed E-state index contributed by atoms with van der Waals surface area (Å²) in [5, 5.41) is 12.9. The van der Waals surface area contributed by atoms with E-state index in [1.54, 1.807) is 29.5 Å². The zero-order valence-corrected chi connectivity index (χ0v) is 14.6. The second-order valence-electron chi connectivity index (χ2n) is 4.45. The number of nitrogen functional groups attached to an aromatic ring is 1. The molecule has 0 aliphatic rings. The Hall–Kier alpha value is -1.28. The van der Waals surface area contributed by atoms with Gasteiger partial charge in [0.15, 0.2) is 5.82 Å². The number of hydrogen-bond donors (Lipinski definition) is 1. The third-order valence-electron chi connectivity index (χ3n) is 2.85. The molecule has 0 spiro atoms. The van der Waals surface area contributed by atoms with Gasteiger partial charge in [-0.2, -0.15) is 0 Å². The summed E-state index contributed by atoms with van der Waals surface area (Å²) >= 11 is 15.2. The van der Waals surface area contributed by atoms with Crippen LogP contribution in [-0.4, -0.2) is 19.9 Å². The quantitative estimate of drug-likeness (QED) is 0.553. The Bertz CT molecular complexity index is 815. The van der Waals surface area contributed by atoms with Crippen LogP contribution in [0.25, 0.3) is 11.4 Å². The molecule has 9 heteroatoms. The summed E-state index contributed by atoms with van der Waals surface area (Å²) in [5.41, 5.74) is 1.69. The van der Waals surface area contributed by atoms with E-state index in [1.165, 1.54) is 16.4 Å². The fourth-order valence-corrected chi connectivity index (χ4v) is 3.80. The van der Waals surface area contributed by atoms with E-state index in [-0.39, 0.29) is 0 Å². The highest BCUT2D eigenvalue weighted by Crippen LogP contribution is 2.30. The van der Waals surface area contributed by atoms with Crippen LogP contribution in [-0.2, 0) is 5.75 Å². The van der Waals surface area contributed by atoms with Crippen LogP contribution >= 0.6 is 46.3 Å². The highest BCUT2D eigenvalue weighted by Gasteiger charge is 2.15. The Labute approximate surface area is 145 Å². The van der Waals surface area contributed by atoms with Crippen molar-refractivity contribution in [1.29, 1.82) is 0 Å². The van der Waals surface area contributed by atoms with Gasteiger partial charge in [-0.15, -0.1) is 21.5 Å². The monoisotopic (exact) mass is 371 g/mol. The van der Waals surface area contributed by atoms with Crippen LogP contribution in [0.2, 0.25) is 10.0 Å². The number of aromatic nitrogens is 4. The van der Waals surface area contributed by atoms with Gasteiger partial charge in [0.2, 0.25) is 5.16 Å². The van der Waals surface area contributed by atoms with E-state index in [1.807, 2.05) is 12.3 Å². The van der Waals surface area contributed by atoms with E-state index in [9.17, 15) is 0 Å². The molecular weight excluding hydrogens is 361 g/mol. The summed E-state index contributed by atoms with van der Waals surface area (Å²) in [6.45, 7) is 1.98. The zero-order chi connectivity index (χ0) is 15.7. The van der Waals surface area contributed by atoms with Gasteiger partial charge in [-0.05, 0) is 25.1 Å². The summed E-state index contributed by atoms with van der Waals surface area (Å²) in [7, 11) is 0. The van der Waals surface area contributed by atoms with Crippen molar-refractivity contribution < 1.29 is 0 Å². The Morgan fingerprint density at radius 1 is 1.32 bits per heavy atom. The molecule has 0 radical (unpaired) electrons. The fraction of sp³-hybridized carbons (Fsp3) is 0.154. The molecule has 5 nitrogen and oxygen atoms in total. The van der Waals surface area contributed by atoms with Gasteiger partial charge in [0.25, 0.3) is 0 Å². The van der Waals surface area contributed by atoms with Crippen LogP contribution in [0.3, 0.4) is 0 Å². The average molecular weight is 372 g/mol. The van der Waals surface area contributed by atoms with E-state index in [0.717, 1.165) is 10.7 Å². The first kappa shape index (κ1) is 15.6. The molecule has 22 heavy (non-hydrogen) atoms. The van der Waals surface area contributed by atoms with Gasteiger partial charge in [-0.1, -0.05) is 35.0 Å². The number of benzene rings is 1. The van der Waals surface area contributed by atoms with Crippen molar-refractivity contribution in [2.45, 2.75) is 17.8 Å². The summed E-state index contributed by atoms with van der Waals surface area (Å²) in [5.74, 6) is 7.26. The summed E-state index contributed by atoms with van der Waals surface area (Å²) < 4.78 is 1.43. The number of rotatable bonds is 4. The van der Waals surface area contributed by atoms with E-state index < -0.39 is 0 Å². The number of nitrogens with two attached hydrogens (primary N) is 1. The van der Waals surface area contributed by atoms with E-state index in [0.29, 0.717) is 32.3 Å². The average Bonchev–Trinajstić information content (AvgIpc) is 3.04. The first-order valence-electron chi connectivity index (χ1n) is 6.24. The minimum atomic E-state index is 0.485. The summed E-state index contributed by atoms with van der Waals surface area (Å²) in [6.07, 6.45) is 0. The lowest BCUT2D eigenvalue weighted by atomic mass is 10.2. The number of thiazole rings is 1. The van der Waals surface area contributed by atoms with Gasteiger partial charge in [0.1, 0.15) is 0 Å². The van der Waals surface area contributed by atoms with Gasteiger partial charge >= 0.3 is 0 Å². The molecule has 3 aromatic rings. The molecule has 1 aromatic carbocycles. The number of hydrogen-bond acceptors (Lipinski definition) is 6. The van der Waals surface area contributed by atoms with Gasteiger partial charge in [0, 0.05) is 21.7 Å². The van der Waals surface area contributed by atoms with Crippen LogP contribution in [0.4, 0.5) is 0 Å².